The number of carbonyl (C=O) groups is 2. The minimum Gasteiger partial charge on any atom is -0.491 e. The van der Waals surface area contributed by atoms with Crippen LogP contribution in [0.5, 0.6) is 5.75 Å². The fraction of sp³-hybridized carbons (Fsp3) is 0.652. The predicted molar refractivity (Wildman–Crippen MR) is 108 cm³/mol. The summed E-state index contributed by atoms with van der Waals surface area (Å²) >= 11 is 0. The van der Waals surface area contributed by atoms with Gasteiger partial charge in [0.1, 0.15) is 12.4 Å². The van der Waals surface area contributed by atoms with E-state index < -0.39 is 0 Å². The van der Waals surface area contributed by atoms with Gasteiger partial charge in [-0.25, -0.2) is 0 Å². The van der Waals surface area contributed by atoms with Crippen molar-refractivity contribution < 1.29 is 14.3 Å². The van der Waals surface area contributed by atoms with Gasteiger partial charge in [-0.05, 0) is 68.7 Å². The Morgan fingerprint density at radius 2 is 1.71 bits per heavy atom. The SMILES string of the molecule is O=C(NC1CC1)c1ccc(OCC2CCCN2C(=O)CC2CCCCC2)cc1. The lowest BCUT2D eigenvalue weighted by Gasteiger charge is -2.28. The van der Waals surface area contributed by atoms with Gasteiger partial charge >= 0.3 is 0 Å². The summed E-state index contributed by atoms with van der Waals surface area (Å²) in [4.78, 5) is 26.9. The van der Waals surface area contributed by atoms with Gasteiger partial charge in [0, 0.05) is 24.6 Å². The predicted octanol–water partition coefficient (Wildman–Crippen LogP) is 3.92. The second kappa shape index (κ2) is 8.97. The highest BCUT2D eigenvalue weighted by atomic mass is 16.5. The maximum absolute atomic E-state index is 12.8. The van der Waals surface area contributed by atoms with Crippen molar-refractivity contribution in [2.24, 2.45) is 5.92 Å². The number of likely N-dealkylation sites (tertiary alicyclic amines) is 1. The number of nitrogens with one attached hydrogen (secondary N) is 1. The van der Waals surface area contributed by atoms with Gasteiger partial charge in [0.05, 0.1) is 6.04 Å². The summed E-state index contributed by atoms with van der Waals surface area (Å²) in [5.41, 5.74) is 0.671. The van der Waals surface area contributed by atoms with Crippen molar-refractivity contribution in [1.82, 2.24) is 10.2 Å². The number of benzene rings is 1. The van der Waals surface area contributed by atoms with Crippen molar-refractivity contribution in [3.05, 3.63) is 29.8 Å². The molecule has 1 unspecified atom stereocenters. The molecular formula is C23H32N2O3. The summed E-state index contributed by atoms with van der Waals surface area (Å²) in [6, 6.07) is 7.87. The molecule has 0 aromatic heterocycles. The van der Waals surface area contributed by atoms with E-state index in [0.29, 0.717) is 36.5 Å². The smallest absolute Gasteiger partial charge is 0.251 e. The molecule has 4 rings (SSSR count). The normalized spacial score (nSPS) is 22.9. The first-order valence-electron chi connectivity index (χ1n) is 11.0. The number of rotatable bonds is 7. The van der Waals surface area contributed by atoms with Crippen LogP contribution >= 0.6 is 0 Å². The third-order valence-electron chi connectivity index (χ3n) is 6.36. The largest absolute Gasteiger partial charge is 0.491 e. The lowest BCUT2D eigenvalue weighted by Crippen LogP contribution is -2.39. The molecule has 5 nitrogen and oxygen atoms in total. The molecule has 0 spiro atoms. The first kappa shape index (κ1) is 19.3. The number of nitrogens with zero attached hydrogens (tertiary/aromatic N) is 1. The maximum Gasteiger partial charge on any atom is 0.251 e. The molecule has 1 aromatic rings. The lowest BCUT2D eigenvalue weighted by molar-refractivity contribution is -0.133. The molecule has 2 aliphatic carbocycles. The number of amides is 2. The molecule has 1 aromatic carbocycles. The topological polar surface area (TPSA) is 58.6 Å². The minimum atomic E-state index is -0.00988. The number of carbonyl (C=O) groups excluding carboxylic acids is 2. The highest BCUT2D eigenvalue weighted by Gasteiger charge is 2.31. The summed E-state index contributed by atoms with van der Waals surface area (Å²) in [6.45, 7) is 1.39. The maximum atomic E-state index is 12.8. The molecule has 3 aliphatic rings. The van der Waals surface area contributed by atoms with E-state index in [1.54, 1.807) is 0 Å². The molecule has 5 heteroatoms. The summed E-state index contributed by atoms with van der Waals surface area (Å²) in [7, 11) is 0. The van der Waals surface area contributed by atoms with Gasteiger partial charge in [-0.2, -0.15) is 0 Å². The third kappa shape index (κ3) is 5.06. The molecule has 28 heavy (non-hydrogen) atoms. The van der Waals surface area contributed by atoms with Crippen LogP contribution < -0.4 is 10.1 Å². The number of ether oxygens (including phenoxy) is 1. The van der Waals surface area contributed by atoms with E-state index in [-0.39, 0.29) is 11.9 Å². The summed E-state index contributed by atoms with van der Waals surface area (Å²) < 4.78 is 5.96. The van der Waals surface area contributed by atoms with Gasteiger partial charge in [0.2, 0.25) is 5.91 Å². The highest BCUT2D eigenvalue weighted by Crippen LogP contribution is 2.29. The fourth-order valence-corrected chi connectivity index (χ4v) is 4.48. The van der Waals surface area contributed by atoms with Crippen LogP contribution in [0.15, 0.2) is 24.3 Å². The highest BCUT2D eigenvalue weighted by molar-refractivity contribution is 5.94. The van der Waals surface area contributed by atoms with Crippen LogP contribution in [0.25, 0.3) is 0 Å². The van der Waals surface area contributed by atoms with Gasteiger partial charge in [-0.15, -0.1) is 0 Å². The van der Waals surface area contributed by atoms with Crippen molar-refractivity contribution in [2.45, 2.75) is 76.3 Å². The average molecular weight is 385 g/mol. The van der Waals surface area contributed by atoms with E-state index in [0.717, 1.165) is 38.0 Å². The van der Waals surface area contributed by atoms with Crippen molar-refractivity contribution in [3.63, 3.8) is 0 Å². The first-order chi connectivity index (χ1) is 13.7. The monoisotopic (exact) mass is 384 g/mol. The zero-order valence-electron chi connectivity index (χ0n) is 16.7. The zero-order chi connectivity index (χ0) is 19.3. The van der Waals surface area contributed by atoms with Crippen molar-refractivity contribution >= 4 is 11.8 Å². The van der Waals surface area contributed by atoms with E-state index in [9.17, 15) is 9.59 Å². The van der Waals surface area contributed by atoms with Crippen LogP contribution in [0.4, 0.5) is 0 Å². The van der Waals surface area contributed by atoms with Crippen molar-refractivity contribution in [2.75, 3.05) is 13.2 Å². The Bertz CT molecular complexity index is 678. The molecule has 1 N–H and O–H groups in total. The van der Waals surface area contributed by atoms with Crippen LogP contribution in [-0.4, -0.2) is 41.9 Å². The molecule has 1 atom stereocenters. The van der Waals surface area contributed by atoms with Crippen LogP contribution in [0.1, 0.15) is 74.6 Å². The summed E-state index contributed by atoms with van der Waals surface area (Å²) in [5, 5.41) is 2.99. The third-order valence-corrected chi connectivity index (χ3v) is 6.36. The van der Waals surface area contributed by atoms with E-state index in [1.165, 1.54) is 32.1 Å². The van der Waals surface area contributed by atoms with Crippen molar-refractivity contribution in [1.29, 1.82) is 0 Å². The van der Waals surface area contributed by atoms with E-state index in [2.05, 4.69) is 5.32 Å². The Balaban J connectivity index is 1.26. The number of hydrogen-bond acceptors (Lipinski definition) is 3. The second-order valence-electron chi connectivity index (χ2n) is 8.67. The van der Waals surface area contributed by atoms with E-state index in [1.807, 2.05) is 29.2 Å². The molecule has 1 heterocycles. The zero-order valence-corrected chi connectivity index (χ0v) is 16.7. The standard InChI is InChI=1S/C23H32N2O3/c26-22(15-17-5-2-1-3-6-17)25-14-4-7-20(25)16-28-21-12-8-18(9-13-21)23(27)24-19-10-11-19/h8-9,12-13,17,19-20H,1-7,10-11,14-16H2,(H,24,27). The molecule has 3 fully saturated rings. The van der Waals surface area contributed by atoms with Crippen LogP contribution in [0.3, 0.4) is 0 Å². The van der Waals surface area contributed by atoms with E-state index in [4.69, 9.17) is 4.74 Å². The Morgan fingerprint density at radius 1 is 0.964 bits per heavy atom. The first-order valence-corrected chi connectivity index (χ1v) is 11.0. The molecule has 0 radical (unpaired) electrons. The molecular weight excluding hydrogens is 352 g/mol. The Labute approximate surface area is 167 Å². The van der Waals surface area contributed by atoms with Gasteiger partial charge < -0.3 is 15.0 Å². The lowest BCUT2D eigenvalue weighted by atomic mass is 9.86. The minimum absolute atomic E-state index is 0.00988. The molecule has 2 amide bonds. The average Bonchev–Trinajstić information content (AvgIpc) is 3.40. The molecule has 0 bridgehead atoms. The molecule has 152 valence electrons. The van der Waals surface area contributed by atoms with Crippen LogP contribution in [0.2, 0.25) is 0 Å². The molecule has 1 aliphatic heterocycles. The van der Waals surface area contributed by atoms with Crippen LogP contribution in [0, 0.1) is 5.92 Å². The summed E-state index contributed by atoms with van der Waals surface area (Å²) in [6.07, 6.45) is 11.3. The Kier molecular flexibility index (Phi) is 6.18. The van der Waals surface area contributed by atoms with Gasteiger partial charge in [0.15, 0.2) is 0 Å². The van der Waals surface area contributed by atoms with Gasteiger partial charge in [-0.3, -0.25) is 9.59 Å². The van der Waals surface area contributed by atoms with Gasteiger partial charge in [-0.1, -0.05) is 19.3 Å². The Hall–Kier alpha value is -2.04. The molecule has 2 saturated carbocycles. The summed E-state index contributed by atoms with van der Waals surface area (Å²) in [5.74, 6) is 1.64. The second-order valence-corrected chi connectivity index (χ2v) is 8.67. The van der Waals surface area contributed by atoms with Crippen LogP contribution in [-0.2, 0) is 4.79 Å². The number of hydrogen-bond donors (Lipinski definition) is 1. The fourth-order valence-electron chi connectivity index (χ4n) is 4.48. The van der Waals surface area contributed by atoms with E-state index >= 15 is 0 Å². The Morgan fingerprint density at radius 3 is 2.43 bits per heavy atom. The quantitative estimate of drug-likeness (QED) is 0.775. The van der Waals surface area contributed by atoms with Gasteiger partial charge in [0.25, 0.3) is 5.91 Å². The molecule has 1 saturated heterocycles. The van der Waals surface area contributed by atoms with Crippen molar-refractivity contribution in [3.8, 4) is 5.75 Å².